The lowest BCUT2D eigenvalue weighted by Gasteiger charge is -2.05. The van der Waals surface area contributed by atoms with Crippen molar-refractivity contribution < 1.29 is 4.39 Å². The van der Waals surface area contributed by atoms with Gasteiger partial charge in [-0.25, -0.2) is 14.4 Å². The van der Waals surface area contributed by atoms with Crippen LogP contribution in [0, 0.1) is 5.82 Å². The van der Waals surface area contributed by atoms with E-state index in [2.05, 4.69) is 15.3 Å². The molecule has 1 aromatic carbocycles. The van der Waals surface area contributed by atoms with Crippen molar-refractivity contribution in [1.29, 1.82) is 0 Å². The fourth-order valence-corrected chi connectivity index (χ4v) is 1.99. The third-order valence-electron chi connectivity index (χ3n) is 3.04. The van der Waals surface area contributed by atoms with Crippen molar-refractivity contribution in [3.05, 3.63) is 47.0 Å². The van der Waals surface area contributed by atoms with Crippen LogP contribution in [0.1, 0.15) is 18.5 Å². The van der Waals surface area contributed by atoms with Gasteiger partial charge in [0.25, 0.3) is 0 Å². The van der Waals surface area contributed by atoms with Crippen LogP contribution < -0.4 is 5.32 Å². The van der Waals surface area contributed by atoms with Gasteiger partial charge in [0.2, 0.25) is 0 Å². The zero-order valence-electron chi connectivity index (χ0n) is 10.2. The number of nitrogens with one attached hydrogen (secondary N) is 1. The SMILES string of the molecule is Fc1ccc(-c2nccc(CNC3CC3)n2)cc1Cl. The van der Waals surface area contributed by atoms with Gasteiger partial charge in [0, 0.05) is 24.3 Å². The number of aromatic nitrogens is 2. The maximum Gasteiger partial charge on any atom is 0.159 e. The quantitative estimate of drug-likeness (QED) is 0.933. The van der Waals surface area contributed by atoms with E-state index in [9.17, 15) is 4.39 Å². The Labute approximate surface area is 115 Å². The highest BCUT2D eigenvalue weighted by Crippen LogP contribution is 2.23. The molecule has 1 saturated carbocycles. The molecule has 3 nitrogen and oxygen atoms in total. The third-order valence-corrected chi connectivity index (χ3v) is 3.33. The van der Waals surface area contributed by atoms with Gasteiger partial charge in [0.15, 0.2) is 5.82 Å². The molecular formula is C14H13ClFN3. The Morgan fingerprint density at radius 3 is 2.89 bits per heavy atom. The lowest BCUT2D eigenvalue weighted by molar-refractivity contribution is 0.628. The minimum Gasteiger partial charge on any atom is -0.308 e. The van der Waals surface area contributed by atoms with Gasteiger partial charge < -0.3 is 5.32 Å². The van der Waals surface area contributed by atoms with Gasteiger partial charge >= 0.3 is 0 Å². The molecule has 0 aliphatic heterocycles. The van der Waals surface area contributed by atoms with Gasteiger partial charge in [-0.1, -0.05) is 11.6 Å². The van der Waals surface area contributed by atoms with Crippen molar-refractivity contribution in [2.75, 3.05) is 0 Å². The van der Waals surface area contributed by atoms with E-state index in [1.54, 1.807) is 18.3 Å². The van der Waals surface area contributed by atoms with Gasteiger partial charge in [0.05, 0.1) is 10.7 Å². The molecule has 0 amide bonds. The first-order valence-electron chi connectivity index (χ1n) is 6.23. The summed E-state index contributed by atoms with van der Waals surface area (Å²) in [6, 6.07) is 7.03. The molecule has 5 heteroatoms. The Morgan fingerprint density at radius 2 is 2.16 bits per heavy atom. The Morgan fingerprint density at radius 1 is 1.32 bits per heavy atom. The Hall–Kier alpha value is -1.52. The lowest BCUT2D eigenvalue weighted by atomic mass is 10.2. The summed E-state index contributed by atoms with van der Waals surface area (Å²) in [7, 11) is 0. The van der Waals surface area contributed by atoms with E-state index in [1.165, 1.54) is 18.9 Å². The molecule has 0 radical (unpaired) electrons. The van der Waals surface area contributed by atoms with Crippen LogP contribution in [0.3, 0.4) is 0 Å². The molecule has 0 atom stereocenters. The molecule has 2 aromatic rings. The van der Waals surface area contributed by atoms with Gasteiger partial charge in [0.1, 0.15) is 5.82 Å². The van der Waals surface area contributed by atoms with Crippen LogP contribution in [-0.4, -0.2) is 16.0 Å². The molecular weight excluding hydrogens is 265 g/mol. The van der Waals surface area contributed by atoms with Gasteiger partial charge in [-0.05, 0) is 37.1 Å². The van der Waals surface area contributed by atoms with Crippen LogP contribution in [0.2, 0.25) is 5.02 Å². The number of hydrogen-bond acceptors (Lipinski definition) is 3. The molecule has 0 unspecified atom stereocenters. The smallest absolute Gasteiger partial charge is 0.159 e. The van der Waals surface area contributed by atoms with Crippen molar-refractivity contribution in [3.63, 3.8) is 0 Å². The van der Waals surface area contributed by atoms with Crippen LogP contribution in [0.5, 0.6) is 0 Å². The molecule has 1 heterocycles. The minimum absolute atomic E-state index is 0.0857. The van der Waals surface area contributed by atoms with Crippen LogP contribution >= 0.6 is 11.6 Å². The molecule has 98 valence electrons. The number of halogens is 2. The van der Waals surface area contributed by atoms with E-state index in [4.69, 9.17) is 11.6 Å². The lowest BCUT2D eigenvalue weighted by Crippen LogP contribution is -2.16. The fraction of sp³-hybridized carbons (Fsp3) is 0.286. The zero-order chi connectivity index (χ0) is 13.2. The largest absolute Gasteiger partial charge is 0.308 e. The number of hydrogen-bond donors (Lipinski definition) is 1. The first-order chi connectivity index (χ1) is 9.22. The number of benzene rings is 1. The molecule has 1 fully saturated rings. The van der Waals surface area contributed by atoms with E-state index in [0.717, 1.165) is 17.8 Å². The summed E-state index contributed by atoms with van der Waals surface area (Å²) >= 11 is 5.77. The molecule has 1 N–H and O–H groups in total. The highest BCUT2D eigenvalue weighted by Gasteiger charge is 2.20. The molecule has 0 bridgehead atoms. The Kier molecular flexibility index (Phi) is 3.44. The highest BCUT2D eigenvalue weighted by atomic mass is 35.5. The third kappa shape index (κ3) is 3.08. The maximum absolute atomic E-state index is 13.1. The summed E-state index contributed by atoms with van der Waals surface area (Å²) < 4.78 is 13.1. The molecule has 0 spiro atoms. The molecule has 1 aliphatic rings. The van der Waals surface area contributed by atoms with Crippen LogP contribution in [0.4, 0.5) is 4.39 Å². The van der Waals surface area contributed by atoms with Crippen molar-refractivity contribution in [2.24, 2.45) is 0 Å². The summed E-state index contributed by atoms with van der Waals surface area (Å²) in [5.74, 6) is 0.133. The van der Waals surface area contributed by atoms with Crippen molar-refractivity contribution in [1.82, 2.24) is 15.3 Å². The zero-order valence-corrected chi connectivity index (χ0v) is 11.0. The first-order valence-corrected chi connectivity index (χ1v) is 6.61. The van der Waals surface area contributed by atoms with E-state index in [0.29, 0.717) is 11.9 Å². The summed E-state index contributed by atoms with van der Waals surface area (Å²) in [6.07, 6.45) is 4.19. The topological polar surface area (TPSA) is 37.8 Å². The molecule has 3 rings (SSSR count). The first kappa shape index (κ1) is 12.5. The maximum atomic E-state index is 13.1. The van der Waals surface area contributed by atoms with Gasteiger partial charge in [-0.2, -0.15) is 0 Å². The van der Waals surface area contributed by atoms with Crippen molar-refractivity contribution in [3.8, 4) is 11.4 Å². The van der Waals surface area contributed by atoms with Gasteiger partial charge in [-0.15, -0.1) is 0 Å². The predicted octanol–water partition coefficient (Wildman–Crippen LogP) is 3.19. The summed E-state index contributed by atoms with van der Waals surface area (Å²) in [6.45, 7) is 0.731. The average molecular weight is 278 g/mol. The van der Waals surface area contributed by atoms with E-state index >= 15 is 0 Å². The summed E-state index contributed by atoms with van der Waals surface area (Å²) in [5.41, 5.74) is 1.65. The second kappa shape index (κ2) is 5.23. The minimum atomic E-state index is -0.433. The highest BCUT2D eigenvalue weighted by molar-refractivity contribution is 6.31. The van der Waals surface area contributed by atoms with E-state index < -0.39 is 5.82 Å². The number of nitrogens with zero attached hydrogens (tertiary/aromatic N) is 2. The molecule has 1 aromatic heterocycles. The second-order valence-corrected chi connectivity index (χ2v) is 5.06. The average Bonchev–Trinajstić information content (AvgIpc) is 3.24. The van der Waals surface area contributed by atoms with Crippen LogP contribution in [0.15, 0.2) is 30.5 Å². The fourth-order valence-electron chi connectivity index (χ4n) is 1.81. The van der Waals surface area contributed by atoms with Gasteiger partial charge in [-0.3, -0.25) is 0 Å². The molecule has 1 aliphatic carbocycles. The monoisotopic (exact) mass is 277 g/mol. The molecule has 19 heavy (non-hydrogen) atoms. The molecule has 0 saturated heterocycles. The van der Waals surface area contributed by atoms with Crippen molar-refractivity contribution >= 4 is 11.6 Å². The van der Waals surface area contributed by atoms with Crippen molar-refractivity contribution in [2.45, 2.75) is 25.4 Å². The van der Waals surface area contributed by atoms with E-state index in [-0.39, 0.29) is 5.02 Å². The Balaban J connectivity index is 1.82. The second-order valence-electron chi connectivity index (χ2n) is 4.66. The number of rotatable bonds is 4. The van der Waals surface area contributed by atoms with E-state index in [1.807, 2.05) is 6.07 Å². The van der Waals surface area contributed by atoms with Crippen LogP contribution in [0.25, 0.3) is 11.4 Å². The standard InChI is InChI=1S/C14H13ClFN3/c15-12-7-9(1-4-13(12)16)14-17-6-5-11(19-14)8-18-10-2-3-10/h1,4-7,10,18H,2-3,8H2. The predicted molar refractivity (Wildman–Crippen MR) is 72.3 cm³/mol. The normalized spacial score (nSPS) is 14.6. The summed E-state index contributed by atoms with van der Waals surface area (Å²) in [4.78, 5) is 8.66. The summed E-state index contributed by atoms with van der Waals surface area (Å²) in [5, 5.41) is 3.48. The Bertz CT molecular complexity index is 599. The van der Waals surface area contributed by atoms with Crippen LogP contribution in [-0.2, 0) is 6.54 Å².